The molecule has 2 rings (SSSR count). The van der Waals surface area contributed by atoms with Gasteiger partial charge in [-0.3, -0.25) is 4.79 Å². The summed E-state index contributed by atoms with van der Waals surface area (Å²) in [5, 5.41) is 3.28. The highest BCUT2D eigenvalue weighted by Gasteiger charge is 2.14. The molecule has 25 heavy (non-hydrogen) atoms. The second-order valence-electron chi connectivity index (χ2n) is 6.48. The average molecular weight is 349 g/mol. The first-order valence-corrected chi connectivity index (χ1v) is 9.84. The maximum atomic E-state index is 11.6. The Labute approximate surface area is 153 Å². The summed E-state index contributed by atoms with van der Waals surface area (Å²) in [7, 11) is 0. The van der Waals surface area contributed by atoms with E-state index in [1.165, 1.54) is 51.7 Å². The fourth-order valence-corrected chi connectivity index (χ4v) is 2.99. The van der Waals surface area contributed by atoms with E-state index in [1.54, 1.807) is 0 Å². The lowest BCUT2D eigenvalue weighted by molar-refractivity contribution is -0.144. The molecule has 0 spiro atoms. The third-order valence-corrected chi connectivity index (χ3v) is 4.72. The van der Waals surface area contributed by atoms with Crippen molar-refractivity contribution in [1.29, 1.82) is 0 Å². The molecule has 1 N–H and O–H groups in total. The van der Waals surface area contributed by atoms with Crippen molar-refractivity contribution in [1.82, 2.24) is 10.2 Å². The van der Waals surface area contributed by atoms with Gasteiger partial charge in [0, 0.05) is 6.04 Å². The van der Waals surface area contributed by atoms with Gasteiger partial charge in [-0.05, 0) is 38.0 Å². The largest absolute Gasteiger partial charge is 0.460 e. The maximum absolute atomic E-state index is 11.6. The third kappa shape index (κ3) is 10.3. The minimum Gasteiger partial charge on any atom is -0.460 e. The molecule has 142 valence electrons. The van der Waals surface area contributed by atoms with Gasteiger partial charge in [0.15, 0.2) is 0 Å². The van der Waals surface area contributed by atoms with Crippen LogP contribution in [-0.4, -0.2) is 43.1 Å². The summed E-state index contributed by atoms with van der Waals surface area (Å²) in [6.07, 6.45) is 6.25. The van der Waals surface area contributed by atoms with E-state index in [0.717, 1.165) is 5.56 Å². The van der Waals surface area contributed by atoms with Crippen LogP contribution in [0, 0.1) is 0 Å². The topological polar surface area (TPSA) is 41.6 Å². The van der Waals surface area contributed by atoms with Gasteiger partial charge in [-0.15, -0.1) is 0 Å². The fraction of sp³-hybridized carbons (Fsp3) is 0.667. The van der Waals surface area contributed by atoms with Crippen molar-refractivity contribution in [3.63, 3.8) is 0 Å². The lowest BCUT2D eigenvalue weighted by Crippen LogP contribution is -2.35. The van der Waals surface area contributed by atoms with Crippen molar-refractivity contribution in [2.45, 2.75) is 65.5 Å². The first-order valence-electron chi connectivity index (χ1n) is 9.84. The molecule has 0 unspecified atom stereocenters. The number of carbonyl (C=O) groups is 1. The minimum absolute atomic E-state index is 0.163. The first-order chi connectivity index (χ1) is 12.2. The highest BCUT2D eigenvalue weighted by Crippen LogP contribution is 2.17. The van der Waals surface area contributed by atoms with Gasteiger partial charge in [-0.1, -0.05) is 70.4 Å². The number of benzene rings is 1. The van der Waals surface area contributed by atoms with Crippen LogP contribution in [0.1, 0.15) is 58.4 Å². The maximum Gasteiger partial charge on any atom is 0.320 e. The molecule has 0 radical (unpaired) electrons. The van der Waals surface area contributed by atoms with E-state index in [-0.39, 0.29) is 5.97 Å². The SMILES string of the molecule is CCN(CC)CC.O=C(CNC1CCCCC1)OCc1ccccc1. The van der Waals surface area contributed by atoms with Crippen LogP contribution in [0.2, 0.25) is 0 Å². The fourth-order valence-electron chi connectivity index (χ4n) is 2.99. The Morgan fingerprint density at radius 2 is 1.64 bits per heavy atom. The van der Waals surface area contributed by atoms with E-state index in [2.05, 4.69) is 31.0 Å². The number of hydrogen-bond acceptors (Lipinski definition) is 4. The molecule has 1 saturated carbocycles. The summed E-state index contributed by atoms with van der Waals surface area (Å²) in [6.45, 7) is 10.8. The van der Waals surface area contributed by atoms with Crippen molar-refractivity contribution in [2.24, 2.45) is 0 Å². The number of nitrogens with zero attached hydrogens (tertiary/aromatic N) is 1. The molecule has 1 aliphatic rings. The quantitative estimate of drug-likeness (QED) is 0.721. The minimum atomic E-state index is -0.163. The molecule has 0 amide bonds. The zero-order valence-corrected chi connectivity index (χ0v) is 16.3. The molecule has 1 aromatic rings. The third-order valence-electron chi connectivity index (χ3n) is 4.72. The number of carbonyl (C=O) groups excluding carboxylic acids is 1. The van der Waals surface area contributed by atoms with Crippen molar-refractivity contribution in [2.75, 3.05) is 26.2 Å². The molecule has 0 bridgehead atoms. The van der Waals surface area contributed by atoms with Gasteiger partial charge >= 0.3 is 5.97 Å². The van der Waals surface area contributed by atoms with E-state index in [4.69, 9.17) is 4.74 Å². The van der Waals surface area contributed by atoms with Crippen LogP contribution in [-0.2, 0) is 16.1 Å². The van der Waals surface area contributed by atoms with Crippen LogP contribution in [0.5, 0.6) is 0 Å². The monoisotopic (exact) mass is 348 g/mol. The number of ether oxygens (including phenoxy) is 1. The van der Waals surface area contributed by atoms with Crippen LogP contribution in [0.25, 0.3) is 0 Å². The molecule has 0 aromatic heterocycles. The first kappa shape index (κ1) is 21.7. The second kappa shape index (κ2) is 13.9. The molecule has 1 aliphatic carbocycles. The second-order valence-corrected chi connectivity index (χ2v) is 6.48. The highest BCUT2D eigenvalue weighted by molar-refractivity contribution is 5.71. The van der Waals surface area contributed by atoms with Crippen molar-refractivity contribution in [3.8, 4) is 0 Å². The molecular weight excluding hydrogens is 312 g/mol. The number of esters is 1. The van der Waals surface area contributed by atoms with Crippen LogP contribution in [0.4, 0.5) is 0 Å². The summed E-state index contributed by atoms with van der Waals surface area (Å²) in [6, 6.07) is 10.3. The number of rotatable bonds is 8. The lowest BCUT2D eigenvalue weighted by Gasteiger charge is -2.22. The molecule has 1 fully saturated rings. The van der Waals surface area contributed by atoms with E-state index < -0.39 is 0 Å². The molecule has 0 aliphatic heterocycles. The Bertz CT molecular complexity index is 435. The standard InChI is InChI=1S/C15H21NO2.C6H15N/c17-15(11-16-14-9-5-2-6-10-14)18-12-13-7-3-1-4-8-13;1-4-7(5-2)6-3/h1,3-4,7-8,14,16H,2,5-6,9-12H2;4-6H2,1-3H3. The molecule has 0 heterocycles. The summed E-state index contributed by atoms with van der Waals surface area (Å²) in [4.78, 5) is 13.9. The molecule has 4 nitrogen and oxygen atoms in total. The predicted molar refractivity (Wildman–Crippen MR) is 105 cm³/mol. The zero-order chi connectivity index (χ0) is 18.3. The van der Waals surface area contributed by atoms with Crippen LogP contribution < -0.4 is 5.32 Å². The normalized spacial score (nSPS) is 14.7. The van der Waals surface area contributed by atoms with E-state index in [1.807, 2.05) is 30.3 Å². The molecular formula is C21H36N2O2. The predicted octanol–water partition coefficient (Wildman–Crippen LogP) is 4.00. The molecule has 0 saturated heterocycles. The van der Waals surface area contributed by atoms with Crippen LogP contribution in [0.15, 0.2) is 30.3 Å². The number of nitrogens with one attached hydrogen (secondary N) is 1. The zero-order valence-electron chi connectivity index (χ0n) is 16.3. The summed E-state index contributed by atoms with van der Waals surface area (Å²) >= 11 is 0. The summed E-state index contributed by atoms with van der Waals surface area (Å²) in [5.41, 5.74) is 1.03. The highest BCUT2D eigenvalue weighted by atomic mass is 16.5. The Kier molecular flexibility index (Phi) is 12.0. The van der Waals surface area contributed by atoms with Crippen molar-refractivity contribution < 1.29 is 9.53 Å². The smallest absolute Gasteiger partial charge is 0.320 e. The van der Waals surface area contributed by atoms with Crippen LogP contribution >= 0.6 is 0 Å². The van der Waals surface area contributed by atoms with Gasteiger partial charge in [0.1, 0.15) is 6.61 Å². The Balaban J connectivity index is 0.000000381. The Morgan fingerprint density at radius 3 is 2.16 bits per heavy atom. The number of hydrogen-bond donors (Lipinski definition) is 1. The summed E-state index contributed by atoms with van der Waals surface area (Å²) < 4.78 is 5.22. The van der Waals surface area contributed by atoms with Gasteiger partial charge in [0.05, 0.1) is 6.54 Å². The van der Waals surface area contributed by atoms with E-state index in [0.29, 0.717) is 19.2 Å². The lowest BCUT2D eigenvalue weighted by atomic mass is 9.96. The van der Waals surface area contributed by atoms with E-state index in [9.17, 15) is 4.79 Å². The average Bonchev–Trinajstić information content (AvgIpc) is 2.68. The van der Waals surface area contributed by atoms with Gasteiger partial charge in [-0.25, -0.2) is 0 Å². The summed E-state index contributed by atoms with van der Waals surface area (Å²) in [5.74, 6) is -0.163. The van der Waals surface area contributed by atoms with Gasteiger partial charge in [0.25, 0.3) is 0 Å². The van der Waals surface area contributed by atoms with Gasteiger partial charge in [0.2, 0.25) is 0 Å². The van der Waals surface area contributed by atoms with Crippen LogP contribution in [0.3, 0.4) is 0 Å². The van der Waals surface area contributed by atoms with E-state index >= 15 is 0 Å². The van der Waals surface area contributed by atoms with Gasteiger partial charge in [-0.2, -0.15) is 0 Å². The van der Waals surface area contributed by atoms with Gasteiger partial charge < -0.3 is 15.0 Å². The van der Waals surface area contributed by atoms with Crippen molar-refractivity contribution in [3.05, 3.63) is 35.9 Å². The molecule has 1 aromatic carbocycles. The molecule has 0 atom stereocenters. The Hall–Kier alpha value is -1.39. The Morgan fingerprint density at radius 1 is 1.04 bits per heavy atom. The van der Waals surface area contributed by atoms with Crippen molar-refractivity contribution >= 4 is 5.97 Å². The molecule has 4 heteroatoms.